The van der Waals surface area contributed by atoms with E-state index >= 15 is 0 Å². The Kier molecular flexibility index (Phi) is 5.05. The van der Waals surface area contributed by atoms with Crippen LogP contribution in [0.2, 0.25) is 0 Å². The smallest absolute Gasteiger partial charge is 0.316 e. The van der Waals surface area contributed by atoms with Crippen molar-refractivity contribution >= 4 is 23.2 Å². The Balaban J connectivity index is 1.77. The van der Waals surface area contributed by atoms with Crippen molar-refractivity contribution in [2.24, 2.45) is 0 Å². The van der Waals surface area contributed by atoms with Gasteiger partial charge in [-0.2, -0.15) is 13.2 Å². The highest BCUT2D eigenvalue weighted by molar-refractivity contribution is 7.09. The number of aryl methyl sites for hydroxylation is 2. The zero-order valence-electron chi connectivity index (χ0n) is 12.0. The van der Waals surface area contributed by atoms with Crippen molar-refractivity contribution in [3.8, 4) is 0 Å². The van der Waals surface area contributed by atoms with Crippen LogP contribution in [-0.4, -0.2) is 52.5 Å². The van der Waals surface area contributed by atoms with E-state index in [1.807, 2.05) is 12.3 Å². The summed E-state index contributed by atoms with van der Waals surface area (Å²) in [6.07, 6.45) is -3.04. The minimum atomic E-state index is -4.45. The standard InChI is InChI=1S/C13H16F3N3O2S/c1-9-17-10(6-22-9)3-2-4-11(20)18-5-12(21)19(8-18)7-13(14,15)16/h6H,2-5,7-8H2,1H3. The van der Waals surface area contributed by atoms with E-state index in [1.54, 1.807) is 0 Å². The molecule has 0 saturated carbocycles. The fourth-order valence-electron chi connectivity index (χ4n) is 2.22. The lowest BCUT2D eigenvalue weighted by atomic mass is 10.2. The highest BCUT2D eigenvalue weighted by Gasteiger charge is 2.38. The third-order valence-electron chi connectivity index (χ3n) is 3.23. The maximum absolute atomic E-state index is 12.3. The van der Waals surface area contributed by atoms with Crippen LogP contribution in [0.3, 0.4) is 0 Å². The Hall–Kier alpha value is -1.64. The van der Waals surface area contributed by atoms with Gasteiger partial charge in [0.25, 0.3) is 0 Å². The third kappa shape index (κ3) is 4.69. The zero-order valence-corrected chi connectivity index (χ0v) is 12.8. The summed E-state index contributed by atoms with van der Waals surface area (Å²) in [7, 11) is 0. The quantitative estimate of drug-likeness (QED) is 0.827. The van der Waals surface area contributed by atoms with E-state index in [1.165, 1.54) is 16.2 Å². The number of carbonyl (C=O) groups is 2. The van der Waals surface area contributed by atoms with Gasteiger partial charge in [0, 0.05) is 11.8 Å². The van der Waals surface area contributed by atoms with Crippen LogP contribution in [0.1, 0.15) is 23.5 Å². The van der Waals surface area contributed by atoms with Crippen molar-refractivity contribution in [1.29, 1.82) is 0 Å². The summed E-state index contributed by atoms with van der Waals surface area (Å²) < 4.78 is 36.9. The van der Waals surface area contributed by atoms with Gasteiger partial charge >= 0.3 is 6.18 Å². The fourth-order valence-corrected chi connectivity index (χ4v) is 2.87. The molecule has 1 saturated heterocycles. The number of rotatable bonds is 5. The fraction of sp³-hybridized carbons (Fsp3) is 0.615. The molecule has 5 nitrogen and oxygen atoms in total. The number of nitrogens with zero attached hydrogens (tertiary/aromatic N) is 3. The van der Waals surface area contributed by atoms with Crippen molar-refractivity contribution in [2.75, 3.05) is 19.8 Å². The summed E-state index contributed by atoms with van der Waals surface area (Å²) in [5.74, 6) is -0.967. The first-order valence-corrected chi connectivity index (χ1v) is 7.66. The molecule has 0 bridgehead atoms. The molecule has 1 aromatic heterocycles. The Bertz CT molecular complexity index is 559. The predicted octanol–water partition coefficient (Wildman–Crippen LogP) is 1.96. The predicted molar refractivity (Wildman–Crippen MR) is 74.1 cm³/mol. The van der Waals surface area contributed by atoms with Crippen LogP contribution < -0.4 is 0 Å². The summed E-state index contributed by atoms with van der Waals surface area (Å²) in [6.45, 7) is 0.0236. The van der Waals surface area contributed by atoms with E-state index in [0.717, 1.165) is 10.7 Å². The van der Waals surface area contributed by atoms with Crippen LogP contribution in [0.15, 0.2) is 5.38 Å². The third-order valence-corrected chi connectivity index (χ3v) is 4.06. The van der Waals surface area contributed by atoms with Gasteiger partial charge in [0.05, 0.1) is 17.4 Å². The van der Waals surface area contributed by atoms with Crippen molar-refractivity contribution in [3.63, 3.8) is 0 Å². The summed E-state index contributed by atoms with van der Waals surface area (Å²) in [5, 5.41) is 2.87. The van der Waals surface area contributed by atoms with E-state index in [2.05, 4.69) is 4.98 Å². The normalized spacial score (nSPS) is 15.7. The van der Waals surface area contributed by atoms with Crippen molar-refractivity contribution < 1.29 is 22.8 Å². The number of hydrogen-bond acceptors (Lipinski definition) is 4. The monoisotopic (exact) mass is 335 g/mol. The summed E-state index contributed by atoms with van der Waals surface area (Å²) in [5.41, 5.74) is 0.909. The first kappa shape index (κ1) is 16.7. The maximum atomic E-state index is 12.3. The first-order chi connectivity index (χ1) is 10.2. The lowest BCUT2D eigenvalue weighted by Gasteiger charge is -2.19. The molecule has 0 unspecified atom stereocenters. The average molecular weight is 335 g/mol. The minimum Gasteiger partial charge on any atom is -0.316 e. The van der Waals surface area contributed by atoms with Crippen LogP contribution in [-0.2, 0) is 16.0 Å². The van der Waals surface area contributed by atoms with Crippen LogP contribution in [0.25, 0.3) is 0 Å². The Labute approximate surface area is 129 Å². The number of halogens is 3. The molecule has 0 N–H and O–H groups in total. The van der Waals surface area contributed by atoms with E-state index < -0.39 is 18.6 Å². The maximum Gasteiger partial charge on any atom is 0.406 e. The highest BCUT2D eigenvalue weighted by Crippen LogP contribution is 2.20. The molecular formula is C13H16F3N3O2S. The molecule has 0 aliphatic carbocycles. The zero-order chi connectivity index (χ0) is 16.3. The van der Waals surface area contributed by atoms with Gasteiger partial charge in [0.2, 0.25) is 11.8 Å². The molecule has 1 fully saturated rings. The van der Waals surface area contributed by atoms with Crippen molar-refractivity contribution in [3.05, 3.63) is 16.1 Å². The SMILES string of the molecule is Cc1nc(CCCC(=O)N2CC(=O)N(CC(F)(F)F)C2)cs1. The molecule has 2 amide bonds. The number of aromatic nitrogens is 1. The average Bonchev–Trinajstić information content (AvgIpc) is 2.95. The van der Waals surface area contributed by atoms with Crippen LogP contribution >= 0.6 is 11.3 Å². The Morgan fingerprint density at radius 3 is 2.77 bits per heavy atom. The van der Waals surface area contributed by atoms with Gasteiger partial charge in [-0.05, 0) is 19.8 Å². The van der Waals surface area contributed by atoms with Gasteiger partial charge in [-0.3, -0.25) is 9.59 Å². The number of amides is 2. The van der Waals surface area contributed by atoms with E-state index in [9.17, 15) is 22.8 Å². The summed E-state index contributed by atoms with van der Waals surface area (Å²) in [4.78, 5) is 29.5. The van der Waals surface area contributed by atoms with Crippen molar-refractivity contribution in [1.82, 2.24) is 14.8 Å². The molecule has 22 heavy (non-hydrogen) atoms. The number of thiazole rings is 1. The second kappa shape index (κ2) is 6.64. The van der Waals surface area contributed by atoms with Gasteiger partial charge in [0.1, 0.15) is 13.1 Å². The summed E-state index contributed by atoms with van der Waals surface area (Å²) >= 11 is 1.53. The van der Waals surface area contributed by atoms with Crippen molar-refractivity contribution in [2.45, 2.75) is 32.4 Å². The second-order valence-corrected chi connectivity index (χ2v) is 6.21. The molecule has 1 aromatic rings. The molecule has 1 aliphatic heterocycles. The van der Waals surface area contributed by atoms with Gasteiger partial charge in [-0.1, -0.05) is 0 Å². The van der Waals surface area contributed by atoms with Gasteiger partial charge in [-0.15, -0.1) is 11.3 Å². The topological polar surface area (TPSA) is 53.5 Å². The second-order valence-electron chi connectivity index (χ2n) is 5.15. The van der Waals surface area contributed by atoms with Gasteiger partial charge in [0.15, 0.2) is 0 Å². The molecule has 0 atom stereocenters. The first-order valence-electron chi connectivity index (χ1n) is 6.78. The molecule has 2 rings (SSSR count). The highest BCUT2D eigenvalue weighted by atomic mass is 32.1. The minimum absolute atomic E-state index is 0.198. The molecule has 122 valence electrons. The number of carbonyl (C=O) groups excluding carboxylic acids is 2. The lowest BCUT2D eigenvalue weighted by Crippen LogP contribution is -2.37. The lowest BCUT2D eigenvalue weighted by molar-refractivity contribution is -0.157. The van der Waals surface area contributed by atoms with E-state index in [4.69, 9.17) is 0 Å². The molecule has 1 aliphatic rings. The molecule has 9 heteroatoms. The largest absolute Gasteiger partial charge is 0.406 e. The molecular weight excluding hydrogens is 319 g/mol. The Morgan fingerprint density at radius 1 is 1.45 bits per heavy atom. The summed E-state index contributed by atoms with van der Waals surface area (Å²) in [6, 6.07) is 0. The van der Waals surface area contributed by atoms with Crippen LogP contribution in [0.5, 0.6) is 0 Å². The van der Waals surface area contributed by atoms with Gasteiger partial charge < -0.3 is 9.80 Å². The molecule has 2 heterocycles. The Morgan fingerprint density at radius 2 is 2.18 bits per heavy atom. The number of alkyl halides is 3. The van der Waals surface area contributed by atoms with E-state index in [-0.39, 0.29) is 25.5 Å². The van der Waals surface area contributed by atoms with Crippen LogP contribution in [0, 0.1) is 6.92 Å². The van der Waals surface area contributed by atoms with Gasteiger partial charge in [-0.25, -0.2) is 4.98 Å². The molecule has 0 aromatic carbocycles. The van der Waals surface area contributed by atoms with E-state index in [0.29, 0.717) is 17.7 Å². The van der Waals surface area contributed by atoms with Crippen LogP contribution in [0.4, 0.5) is 13.2 Å². The molecule has 0 radical (unpaired) electrons. The molecule has 0 spiro atoms. The number of hydrogen-bond donors (Lipinski definition) is 0.